The molecule has 0 radical (unpaired) electrons. The zero-order valence-electron chi connectivity index (χ0n) is 14.8. The fourth-order valence-corrected chi connectivity index (χ4v) is 3.23. The van der Waals surface area contributed by atoms with Gasteiger partial charge in [0.05, 0.1) is 11.6 Å². The minimum atomic E-state index is -0.451. The van der Waals surface area contributed by atoms with Crippen molar-refractivity contribution in [3.05, 3.63) is 52.6 Å². The molecule has 0 unspecified atom stereocenters. The lowest BCUT2D eigenvalue weighted by Crippen LogP contribution is -2.06. The second-order valence-corrected chi connectivity index (χ2v) is 6.97. The van der Waals surface area contributed by atoms with Crippen molar-refractivity contribution in [3.8, 4) is 5.75 Å². The van der Waals surface area contributed by atoms with Gasteiger partial charge in [-0.3, -0.25) is 0 Å². The molecular formula is C21H25NO2. The Hall–Kier alpha value is -2.26. The molecule has 24 heavy (non-hydrogen) atoms. The number of phenols is 1. The second kappa shape index (κ2) is 6.33. The maximum Gasteiger partial charge on any atom is 0.119 e. The zero-order chi connectivity index (χ0) is 17.4. The van der Waals surface area contributed by atoms with Crippen LogP contribution >= 0.6 is 0 Å². The van der Waals surface area contributed by atoms with Crippen LogP contribution in [-0.2, 0) is 12.8 Å². The molecule has 3 aromatic rings. The molecule has 2 aromatic carbocycles. The van der Waals surface area contributed by atoms with Gasteiger partial charge in [0, 0.05) is 22.7 Å². The second-order valence-electron chi connectivity index (χ2n) is 6.97. The number of aliphatic hydroxyl groups is 1. The van der Waals surface area contributed by atoms with E-state index in [9.17, 15) is 10.2 Å². The summed E-state index contributed by atoms with van der Waals surface area (Å²) in [5, 5.41) is 22.3. The number of hydrogen-bond acceptors (Lipinski definition) is 2. The van der Waals surface area contributed by atoms with Crippen LogP contribution in [0.5, 0.6) is 5.75 Å². The average molecular weight is 323 g/mol. The third-order valence-corrected chi connectivity index (χ3v) is 4.57. The summed E-state index contributed by atoms with van der Waals surface area (Å²) in [5.74, 6) is 0.286. The number of fused-ring (bicyclic) bond motifs is 3. The Morgan fingerprint density at radius 3 is 2.62 bits per heavy atom. The van der Waals surface area contributed by atoms with Crippen LogP contribution < -0.4 is 0 Å². The summed E-state index contributed by atoms with van der Waals surface area (Å²) in [6.07, 6.45) is 3.20. The van der Waals surface area contributed by atoms with Gasteiger partial charge in [-0.15, -0.1) is 0 Å². The van der Waals surface area contributed by atoms with Gasteiger partial charge in [-0.05, 0) is 69.0 Å². The summed E-state index contributed by atoms with van der Waals surface area (Å²) in [6.45, 7) is 7.88. The van der Waals surface area contributed by atoms with Crippen LogP contribution in [0, 0.1) is 6.92 Å². The SMILES string of the molecule is CC(C)=CCc1ccc2[nH]c3c(C[C@@H](C)O)c(C)c(O)cc3c2c1. The number of aromatic nitrogens is 1. The minimum Gasteiger partial charge on any atom is -0.508 e. The lowest BCUT2D eigenvalue weighted by molar-refractivity contribution is 0.195. The van der Waals surface area contributed by atoms with Crippen LogP contribution in [0.4, 0.5) is 0 Å². The number of nitrogens with one attached hydrogen (secondary N) is 1. The number of aliphatic hydroxyl groups excluding tert-OH is 1. The molecule has 0 amide bonds. The van der Waals surface area contributed by atoms with E-state index in [2.05, 4.69) is 43.1 Å². The van der Waals surface area contributed by atoms with Crippen LogP contribution in [0.1, 0.15) is 37.5 Å². The summed E-state index contributed by atoms with van der Waals surface area (Å²) < 4.78 is 0. The molecule has 0 bridgehead atoms. The van der Waals surface area contributed by atoms with E-state index >= 15 is 0 Å². The van der Waals surface area contributed by atoms with Gasteiger partial charge in [0.1, 0.15) is 5.75 Å². The fraction of sp³-hybridized carbons (Fsp3) is 0.333. The van der Waals surface area contributed by atoms with Crippen molar-refractivity contribution < 1.29 is 10.2 Å². The summed E-state index contributed by atoms with van der Waals surface area (Å²) in [7, 11) is 0. The number of phenolic OH excluding ortho intramolecular Hbond substituents is 1. The molecule has 1 aromatic heterocycles. The molecule has 3 nitrogen and oxygen atoms in total. The molecular weight excluding hydrogens is 298 g/mol. The molecule has 3 rings (SSSR count). The Morgan fingerprint density at radius 1 is 1.21 bits per heavy atom. The highest BCUT2D eigenvalue weighted by Crippen LogP contribution is 2.35. The Kier molecular flexibility index (Phi) is 4.37. The van der Waals surface area contributed by atoms with Crippen molar-refractivity contribution in [1.82, 2.24) is 4.98 Å². The topological polar surface area (TPSA) is 56.2 Å². The smallest absolute Gasteiger partial charge is 0.119 e. The van der Waals surface area contributed by atoms with Gasteiger partial charge in [-0.1, -0.05) is 17.7 Å². The Morgan fingerprint density at radius 2 is 1.96 bits per heavy atom. The van der Waals surface area contributed by atoms with Gasteiger partial charge in [-0.2, -0.15) is 0 Å². The number of aromatic amines is 1. The Labute approximate surface area is 142 Å². The summed E-state index contributed by atoms with van der Waals surface area (Å²) in [5.41, 5.74) is 6.45. The lowest BCUT2D eigenvalue weighted by atomic mass is 9.97. The van der Waals surface area contributed by atoms with Crippen LogP contribution in [0.15, 0.2) is 35.9 Å². The van der Waals surface area contributed by atoms with E-state index in [1.165, 1.54) is 11.1 Å². The fourth-order valence-electron chi connectivity index (χ4n) is 3.23. The number of hydrogen-bond donors (Lipinski definition) is 3. The first-order chi connectivity index (χ1) is 11.4. The highest BCUT2D eigenvalue weighted by Gasteiger charge is 2.15. The molecule has 0 fully saturated rings. The van der Waals surface area contributed by atoms with Crippen LogP contribution in [0.2, 0.25) is 0 Å². The van der Waals surface area contributed by atoms with E-state index in [4.69, 9.17) is 0 Å². The largest absolute Gasteiger partial charge is 0.508 e. The maximum absolute atomic E-state index is 10.3. The Bertz CT molecular complexity index is 928. The first-order valence-corrected chi connectivity index (χ1v) is 8.44. The van der Waals surface area contributed by atoms with Crippen molar-refractivity contribution in [2.24, 2.45) is 0 Å². The van der Waals surface area contributed by atoms with Gasteiger partial charge in [0.25, 0.3) is 0 Å². The highest BCUT2D eigenvalue weighted by atomic mass is 16.3. The molecule has 3 N–H and O–H groups in total. The maximum atomic E-state index is 10.3. The molecule has 126 valence electrons. The predicted molar refractivity (Wildman–Crippen MR) is 101 cm³/mol. The summed E-state index contributed by atoms with van der Waals surface area (Å²) in [6, 6.07) is 8.26. The normalized spacial score (nSPS) is 12.7. The molecule has 0 aliphatic heterocycles. The van der Waals surface area contributed by atoms with Crippen LogP contribution in [0.3, 0.4) is 0 Å². The highest BCUT2D eigenvalue weighted by molar-refractivity contribution is 6.09. The van der Waals surface area contributed by atoms with E-state index in [0.717, 1.165) is 39.4 Å². The third-order valence-electron chi connectivity index (χ3n) is 4.57. The molecule has 0 saturated heterocycles. The van der Waals surface area contributed by atoms with Gasteiger partial charge < -0.3 is 15.2 Å². The molecule has 1 heterocycles. The summed E-state index contributed by atoms with van der Waals surface area (Å²) in [4.78, 5) is 3.47. The number of aromatic hydroxyl groups is 1. The monoisotopic (exact) mass is 323 g/mol. The van der Waals surface area contributed by atoms with Gasteiger partial charge >= 0.3 is 0 Å². The predicted octanol–water partition coefficient (Wildman–Crippen LogP) is 4.77. The standard InChI is InChI=1S/C21H25NO2/c1-12(2)5-6-15-7-8-19-17(10-15)18-11-20(24)14(4)16(9-13(3)23)21(18)22-19/h5,7-8,10-11,13,22-24H,6,9H2,1-4H3/t13-/m1/s1. The summed E-state index contributed by atoms with van der Waals surface area (Å²) >= 11 is 0. The number of benzene rings is 2. The van der Waals surface area contributed by atoms with E-state index in [1.54, 1.807) is 6.92 Å². The van der Waals surface area contributed by atoms with E-state index in [-0.39, 0.29) is 5.75 Å². The van der Waals surface area contributed by atoms with Crippen molar-refractivity contribution in [2.75, 3.05) is 0 Å². The van der Waals surface area contributed by atoms with Crippen molar-refractivity contribution >= 4 is 21.8 Å². The van der Waals surface area contributed by atoms with Crippen LogP contribution in [0.25, 0.3) is 21.8 Å². The molecule has 0 saturated carbocycles. The average Bonchev–Trinajstić information content (AvgIpc) is 2.87. The molecule has 3 heteroatoms. The minimum absolute atomic E-state index is 0.286. The number of rotatable bonds is 4. The third kappa shape index (κ3) is 3.04. The quantitative estimate of drug-likeness (QED) is 0.606. The van der Waals surface area contributed by atoms with E-state index < -0.39 is 6.10 Å². The number of allylic oxidation sites excluding steroid dienone is 2. The zero-order valence-corrected chi connectivity index (χ0v) is 14.8. The Balaban J connectivity index is 2.23. The van der Waals surface area contributed by atoms with Gasteiger partial charge in [0.2, 0.25) is 0 Å². The number of H-pyrrole nitrogens is 1. The van der Waals surface area contributed by atoms with Gasteiger partial charge in [-0.25, -0.2) is 0 Å². The molecule has 0 spiro atoms. The lowest BCUT2D eigenvalue weighted by Gasteiger charge is -2.11. The molecule has 0 aliphatic rings. The van der Waals surface area contributed by atoms with E-state index in [1.807, 2.05) is 13.0 Å². The molecule has 1 atom stereocenters. The van der Waals surface area contributed by atoms with Crippen molar-refractivity contribution in [3.63, 3.8) is 0 Å². The molecule has 0 aliphatic carbocycles. The van der Waals surface area contributed by atoms with E-state index in [0.29, 0.717) is 6.42 Å². The van der Waals surface area contributed by atoms with Crippen LogP contribution in [-0.4, -0.2) is 21.3 Å². The van der Waals surface area contributed by atoms with Crippen molar-refractivity contribution in [2.45, 2.75) is 46.6 Å². The first-order valence-electron chi connectivity index (χ1n) is 8.44. The first kappa shape index (κ1) is 16.6. The van der Waals surface area contributed by atoms with Gasteiger partial charge in [0.15, 0.2) is 0 Å². The van der Waals surface area contributed by atoms with Crippen molar-refractivity contribution in [1.29, 1.82) is 0 Å².